The van der Waals surface area contributed by atoms with Gasteiger partial charge in [-0.1, -0.05) is 6.92 Å². The number of nitrogens with one attached hydrogen (secondary N) is 1. The highest BCUT2D eigenvalue weighted by atomic mass is 16.3. The Kier molecular flexibility index (Phi) is 4.30. The van der Waals surface area contributed by atoms with Crippen LogP contribution in [-0.2, 0) is 13.5 Å². The van der Waals surface area contributed by atoms with Crippen molar-refractivity contribution in [2.24, 2.45) is 7.05 Å². The molecule has 0 unspecified atom stereocenters. The minimum absolute atomic E-state index is 0.0569. The Morgan fingerprint density at radius 1 is 1.62 bits per heavy atom. The second-order valence-electron chi connectivity index (χ2n) is 3.52. The van der Waals surface area contributed by atoms with Crippen molar-refractivity contribution < 1.29 is 9.90 Å². The molecule has 0 aliphatic heterocycles. The van der Waals surface area contributed by atoms with E-state index in [-0.39, 0.29) is 12.5 Å². The molecule has 16 heavy (non-hydrogen) atoms. The number of nitrogen functional groups attached to an aromatic ring is 1. The summed E-state index contributed by atoms with van der Waals surface area (Å²) in [6, 6.07) is 0. The topological polar surface area (TPSA) is 93.2 Å². The first-order chi connectivity index (χ1) is 7.61. The van der Waals surface area contributed by atoms with Crippen LogP contribution in [0.3, 0.4) is 0 Å². The van der Waals surface area contributed by atoms with E-state index in [0.29, 0.717) is 30.8 Å². The van der Waals surface area contributed by atoms with Crippen LogP contribution in [-0.4, -0.2) is 33.9 Å². The van der Waals surface area contributed by atoms with Gasteiger partial charge in [0.05, 0.1) is 11.4 Å². The minimum atomic E-state index is -0.249. The van der Waals surface area contributed by atoms with Gasteiger partial charge in [0.1, 0.15) is 5.69 Å². The number of aliphatic hydroxyl groups excluding tert-OH is 1. The fourth-order valence-electron chi connectivity index (χ4n) is 1.49. The predicted octanol–water partition coefficient (Wildman–Crippen LogP) is -0.323. The molecule has 0 saturated carbocycles. The van der Waals surface area contributed by atoms with Crippen LogP contribution < -0.4 is 11.1 Å². The molecule has 0 radical (unpaired) electrons. The van der Waals surface area contributed by atoms with Crippen molar-refractivity contribution >= 4 is 11.6 Å². The van der Waals surface area contributed by atoms with Gasteiger partial charge in [0, 0.05) is 20.2 Å². The average molecular weight is 226 g/mol. The molecule has 1 amide bonds. The van der Waals surface area contributed by atoms with Crippen molar-refractivity contribution in [1.82, 2.24) is 15.1 Å². The highest BCUT2D eigenvalue weighted by Gasteiger charge is 2.18. The quantitative estimate of drug-likeness (QED) is 0.600. The first-order valence-corrected chi connectivity index (χ1v) is 5.32. The van der Waals surface area contributed by atoms with Crippen LogP contribution in [0, 0.1) is 0 Å². The zero-order chi connectivity index (χ0) is 12.1. The Morgan fingerprint density at radius 2 is 2.31 bits per heavy atom. The Bertz CT molecular complexity index is 373. The number of aryl methyl sites for hydroxylation is 2. The third kappa shape index (κ3) is 2.52. The maximum Gasteiger partial charge on any atom is 0.271 e. The van der Waals surface area contributed by atoms with Gasteiger partial charge in [0.15, 0.2) is 0 Å². The molecule has 1 heterocycles. The minimum Gasteiger partial charge on any atom is -0.396 e. The van der Waals surface area contributed by atoms with E-state index >= 15 is 0 Å². The highest BCUT2D eigenvalue weighted by Crippen LogP contribution is 2.16. The van der Waals surface area contributed by atoms with Crippen molar-refractivity contribution in [2.75, 3.05) is 18.9 Å². The third-order valence-corrected chi connectivity index (χ3v) is 2.33. The highest BCUT2D eigenvalue weighted by molar-refractivity contribution is 5.97. The summed E-state index contributed by atoms with van der Waals surface area (Å²) in [7, 11) is 1.69. The number of hydrogen-bond donors (Lipinski definition) is 3. The van der Waals surface area contributed by atoms with Crippen molar-refractivity contribution in [3.05, 3.63) is 11.4 Å². The number of carbonyl (C=O) groups is 1. The van der Waals surface area contributed by atoms with E-state index in [4.69, 9.17) is 10.8 Å². The predicted molar refractivity (Wildman–Crippen MR) is 61.0 cm³/mol. The molecule has 0 aromatic carbocycles. The summed E-state index contributed by atoms with van der Waals surface area (Å²) < 4.78 is 1.49. The molecular formula is C10H18N4O2. The van der Waals surface area contributed by atoms with Gasteiger partial charge < -0.3 is 16.2 Å². The number of nitrogens with zero attached hydrogens (tertiary/aromatic N) is 2. The zero-order valence-corrected chi connectivity index (χ0v) is 9.66. The number of rotatable bonds is 5. The van der Waals surface area contributed by atoms with Gasteiger partial charge in [0.25, 0.3) is 5.91 Å². The fourth-order valence-corrected chi connectivity index (χ4v) is 1.49. The summed E-state index contributed by atoms with van der Waals surface area (Å²) in [5, 5.41) is 15.4. The summed E-state index contributed by atoms with van der Waals surface area (Å²) >= 11 is 0. The Balaban J connectivity index is 2.78. The van der Waals surface area contributed by atoms with E-state index in [9.17, 15) is 4.79 Å². The van der Waals surface area contributed by atoms with Crippen molar-refractivity contribution in [3.8, 4) is 0 Å². The van der Waals surface area contributed by atoms with Gasteiger partial charge in [-0.25, -0.2) is 0 Å². The van der Waals surface area contributed by atoms with E-state index in [1.165, 1.54) is 4.68 Å². The van der Waals surface area contributed by atoms with Crippen LogP contribution in [0.4, 0.5) is 5.69 Å². The molecule has 0 aliphatic carbocycles. The van der Waals surface area contributed by atoms with Gasteiger partial charge >= 0.3 is 0 Å². The normalized spacial score (nSPS) is 10.4. The molecule has 1 rings (SSSR count). The molecule has 1 aromatic rings. The summed E-state index contributed by atoms with van der Waals surface area (Å²) in [6.07, 6.45) is 1.23. The summed E-state index contributed by atoms with van der Waals surface area (Å²) in [4.78, 5) is 11.8. The SMILES string of the molecule is CCc1nn(C)c(C(=O)NCCCO)c1N. The smallest absolute Gasteiger partial charge is 0.271 e. The van der Waals surface area contributed by atoms with Crippen LogP contribution in [0.5, 0.6) is 0 Å². The molecule has 0 saturated heterocycles. The van der Waals surface area contributed by atoms with E-state index in [0.717, 1.165) is 5.69 Å². The number of nitrogens with two attached hydrogens (primary N) is 1. The molecule has 0 fully saturated rings. The first-order valence-electron chi connectivity index (χ1n) is 5.32. The molecule has 6 nitrogen and oxygen atoms in total. The van der Waals surface area contributed by atoms with Crippen LogP contribution in [0.1, 0.15) is 29.5 Å². The molecular weight excluding hydrogens is 208 g/mol. The summed E-state index contributed by atoms with van der Waals surface area (Å²) in [5.41, 5.74) is 7.38. The second-order valence-corrected chi connectivity index (χ2v) is 3.52. The zero-order valence-electron chi connectivity index (χ0n) is 9.66. The molecule has 0 bridgehead atoms. The summed E-state index contributed by atoms with van der Waals surface area (Å²) in [6.45, 7) is 2.43. The lowest BCUT2D eigenvalue weighted by molar-refractivity contribution is 0.0942. The van der Waals surface area contributed by atoms with E-state index < -0.39 is 0 Å². The van der Waals surface area contributed by atoms with Crippen LogP contribution in [0.25, 0.3) is 0 Å². The number of aliphatic hydroxyl groups is 1. The maximum absolute atomic E-state index is 11.8. The third-order valence-electron chi connectivity index (χ3n) is 2.33. The maximum atomic E-state index is 11.8. The first kappa shape index (κ1) is 12.5. The molecule has 0 spiro atoms. The molecule has 6 heteroatoms. The lowest BCUT2D eigenvalue weighted by Crippen LogP contribution is -2.27. The van der Waals surface area contributed by atoms with Gasteiger partial charge in [-0.05, 0) is 12.8 Å². The van der Waals surface area contributed by atoms with Gasteiger partial charge in [-0.2, -0.15) is 5.10 Å². The van der Waals surface area contributed by atoms with Crippen molar-refractivity contribution in [1.29, 1.82) is 0 Å². The van der Waals surface area contributed by atoms with Gasteiger partial charge in [0.2, 0.25) is 0 Å². The number of hydrogen-bond acceptors (Lipinski definition) is 4. The molecule has 90 valence electrons. The summed E-state index contributed by atoms with van der Waals surface area (Å²) in [5.74, 6) is -0.249. The van der Waals surface area contributed by atoms with Crippen LogP contribution >= 0.6 is 0 Å². The Hall–Kier alpha value is -1.56. The number of carbonyl (C=O) groups excluding carboxylic acids is 1. The van der Waals surface area contributed by atoms with Gasteiger partial charge in [-0.15, -0.1) is 0 Å². The molecule has 1 aromatic heterocycles. The Morgan fingerprint density at radius 3 is 2.81 bits per heavy atom. The van der Waals surface area contributed by atoms with Crippen molar-refractivity contribution in [3.63, 3.8) is 0 Å². The molecule has 0 atom stereocenters. The Labute approximate surface area is 94.4 Å². The van der Waals surface area contributed by atoms with Gasteiger partial charge in [-0.3, -0.25) is 9.48 Å². The molecule has 0 aliphatic rings. The van der Waals surface area contributed by atoms with Crippen LogP contribution in [0.15, 0.2) is 0 Å². The monoisotopic (exact) mass is 226 g/mol. The lowest BCUT2D eigenvalue weighted by atomic mass is 10.2. The number of aromatic nitrogens is 2. The average Bonchev–Trinajstić information content (AvgIpc) is 2.54. The standard InChI is InChI=1S/C10H18N4O2/c1-3-7-8(11)9(14(2)13-7)10(16)12-5-4-6-15/h15H,3-6,11H2,1-2H3,(H,12,16). The van der Waals surface area contributed by atoms with Crippen molar-refractivity contribution in [2.45, 2.75) is 19.8 Å². The van der Waals surface area contributed by atoms with Crippen LogP contribution in [0.2, 0.25) is 0 Å². The second kappa shape index (κ2) is 5.50. The largest absolute Gasteiger partial charge is 0.396 e. The van der Waals surface area contributed by atoms with E-state index in [2.05, 4.69) is 10.4 Å². The fraction of sp³-hybridized carbons (Fsp3) is 0.600. The lowest BCUT2D eigenvalue weighted by Gasteiger charge is -2.04. The van der Waals surface area contributed by atoms with E-state index in [1.807, 2.05) is 6.92 Å². The van der Waals surface area contributed by atoms with E-state index in [1.54, 1.807) is 7.05 Å². The number of anilines is 1. The number of amides is 1. The molecule has 4 N–H and O–H groups in total.